The summed E-state index contributed by atoms with van der Waals surface area (Å²) in [6, 6.07) is 7.69. The molecule has 0 spiro atoms. The van der Waals surface area contributed by atoms with E-state index in [1.165, 1.54) is 0 Å². The van der Waals surface area contributed by atoms with Crippen LogP contribution in [-0.4, -0.2) is 44.3 Å². The Labute approximate surface area is 153 Å². The Morgan fingerprint density at radius 3 is 2.42 bits per heavy atom. The second-order valence-electron chi connectivity index (χ2n) is 7.32. The lowest BCUT2D eigenvalue weighted by atomic mass is 10.0. The summed E-state index contributed by atoms with van der Waals surface area (Å²) in [5, 5.41) is 13.8. The van der Waals surface area contributed by atoms with Gasteiger partial charge in [0.2, 0.25) is 0 Å². The monoisotopic (exact) mass is 355 g/mol. The van der Waals surface area contributed by atoms with Gasteiger partial charge < -0.3 is 10.0 Å². The van der Waals surface area contributed by atoms with Gasteiger partial charge in [-0.3, -0.25) is 9.59 Å². The van der Waals surface area contributed by atoms with E-state index in [0.717, 1.165) is 16.9 Å². The number of carbonyl (C=O) groups is 2. The maximum atomic E-state index is 13.1. The average Bonchev–Trinajstić information content (AvgIpc) is 3.19. The Kier molecular flexibility index (Phi) is 4.85. The van der Waals surface area contributed by atoms with Crippen LogP contribution in [0.4, 0.5) is 0 Å². The first-order valence-electron chi connectivity index (χ1n) is 9.00. The highest BCUT2D eigenvalue weighted by atomic mass is 16.4. The van der Waals surface area contributed by atoms with Crippen LogP contribution in [-0.2, 0) is 4.79 Å². The van der Waals surface area contributed by atoms with Crippen molar-refractivity contribution in [1.82, 2.24) is 14.7 Å². The first kappa shape index (κ1) is 18.2. The van der Waals surface area contributed by atoms with Gasteiger partial charge in [-0.2, -0.15) is 5.10 Å². The molecule has 26 heavy (non-hydrogen) atoms. The number of aryl methyl sites for hydroxylation is 1. The maximum Gasteiger partial charge on any atom is 0.308 e. The number of hydrogen-bond donors (Lipinski definition) is 1. The summed E-state index contributed by atoms with van der Waals surface area (Å²) in [5.74, 6) is -1.38. The molecule has 0 saturated carbocycles. The molecule has 2 aromatic rings. The Bertz CT molecular complexity index is 823. The van der Waals surface area contributed by atoms with E-state index in [-0.39, 0.29) is 17.9 Å². The lowest BCUT2D eigenvalue weighted by Crippen LogP contribution is -2.38. The smallest absolute Gasteiger partial charge is 0.308 e. The number of carboxylic acids is 1. The molecule has 138 valence electrons. The normalized spacial score (nSPS) is 20.0. The highest BCUT2D eigenvalue weighted by Gasteiger charge is 2.39. The zero-order valence-corrected chi connectivity index (χ0v) is 15.6. The van der Waals surface area contributed by atoms with Crippen molar-refractivity contribution < 1.29 is 14.7 Å². The molecule has 1 N–H and O–H groups in total. The first-order chi connectivity index (χ1) is 12.3. The second kappa shape index (κ2) is 6.94. The summed E-state index contributed by atoms with van der Waals surface area (Å²) in [6.45, 7) is 8.37. The van der Waals surface area contributed by atoms with E-state index in [0.29, 0.717) is 18.5 Å². The number of amides is 1. The van der Waals surface area contributed by atoms with Gasteiger partial charge in [0, 0.05) is 12.6 Å². The lowest BCUT2D eigenvalue weighted by molar-refractivity contribution is -0.142. The third-order valence-corrected chi connectivity index (χ3v) is 5.20. The SMILES string of the molecule is Cc1ccc(-n2ncc(C(=O)N3CCC(C(=O)O)C3C)c2C(C)C)cc1. The van der Waals surface area contributed by atoms with Gasteiger partial charge in [0.05, 0.1) is 29.1 Å². The van der Waals surface area contributed by atoms with Crippen molar-refractivity contribution in [2.24, 2.45) is 5.92 Å². The average molecular weight is 355 g/mol. The molecule has 1 fully saturated rings. The van der Waals surface area contributed by atoms with E-state index < -0.39 is 11.9 Å². The standard InChI is InChI=1S/C20H25N3O3/c1-12(2)18-17(11-21-23(18)15-7-5-13(3)6-8-15)19(24)22-10-9-16(14(22)4)20(25)26/h5-8,11-12,14,16H,9-10H2,1-4H3,(H,25,26). The van der Waals surface area contributed by atoms with Crippen molar-refractivity contribution >= 4 is 11.9 Å². The quantitative estimate of drug-likeness (QED) is 0.913. The van der Waals surface area contributed by atoms with Gasteiger partial charge in [0.15, 0.2) is 0 Å². The molecule has 3 rings (SSSR count). The van der Waals surface area contributed by atoms with Crippen molar-refractivity contribution in [2.45, 2.75) is 46.1 Å². The molecule has 0 bridgehead atoms. The molecule has 1 amide bonds. The van der Waals surface area contributed by atoms with Gasteiger partial charge in [-0.05, 0) is 38.3 Å². The molecule has 1 aliphatic heterocycles. The molecule has 1 aromatic carbocycles. The molecule has 1 aromatic heterocycles. The number of rotatable bonds is 4. The number of likely N-dealkylation sites (tertiary alicyclic amines) is 1. The molecular weight excluding hydrogens is 330 g/mol. The summed E-state index contributed by atoms with van der Waals surface area (Å²) < 4.78 is 1.81. The van der Waals surface area contributed by atoms with E-state index in [9.17, 15) is 14.7 Å². The number of carboxylic acid groups (broad SMARTS) is 1. The summed E-state index contributed by atoms with van der Waals surface area (Å²) in [6.07, 6.45) is 2.10. The summed E-state index contributed by atoms with van der Waals surface area (Å²) in [4.78, 5) is 26.2. The first-order valence-corrected chi connectivity index (χ1v) is 9.00. The number of benzene rings is 1. The zero-order valence-electron chi connectivity index (χ0n) is 15.6. The molecule has 6 heteroatoms. The fourth-order valence-electron chi connectivity index (χ4n) is 3.68. The lowest BCUT2D eigenvalue weighted by Gasteiger charge is -2.24. The van der Waals surface area contributed by atoms with Crippen molar-refractivity contribution in [2.75, 3.05) is 6.54 Å². The fourth-order valence-corrected chi connectivity index (χ4v) is 3.68. The minimum absolute atomic E-state index is 0.103. The van der Waals surface area contributed by atoms with Crippen molar-refractivity contribution in [3.8, 4) is 5.69 Å². The van der Waals surface area contributed by atoms with Crippen molar-refractivity contribution in [3.63, 3.8) is 0 Å². The highest BCUT2D eigenvalue weighted by molar-refractivity contribution is 5.96. The number of aliphatic carboxylic acids is 1. The van der Waals surface area contributed by atoms with Crippen molar-refractivity contribution in [1.29, 1.82) is 0 Å². The highest BCUT2D eigenvalue weighted by Crippen LogP contribution is 2.29. The summed E-state index contributed by atoms with van der Waals surface area (Å²) in [7, 11) is 0. The van der Waals surface area contributed by atoms with Gasteiger partial charge in [-0.1, -0.05) is 31.5 Å². The molecule has 1 saturated heterocycles. The molecular formula is C20H25N3O3. The number of hydrogen-bond acceptors (Lipinski definition) is 3. The van der Waals surface area contributed by atoms with Crippen LogP contribution in [0.3, 0.4) is 0 Å². The predicted octanol–water partition coefficient (Wildman–Crippen LogP) is 3.24. The Morgan fingerprint density at radius 2 is 1.88 bits per heavy atom. The fraction of sp³-hybridized carbons (Fsp3) is 0.450. The third-order valence-electron chi connectivity index (χ3n) is 5.20. The number of carbonyl (C=O) groups excluding carboxylic acids is 1. The minimum Gasteiger partial charge on any atom is -0.481 e. The van der Waals surface area contributed by atoms with Gasteiger partial charge >= 0.3 is 5.97 Å². The van der Waals surface area contributed by atoms with Crippen LogP contribution in [0.15, 0.2) is 30.5 Å². The molecule has 2 heterocycles. The summed E-state index contributed by atoms with van der Waals surface area (Å²) in [5.41, 5.74) is 3.48. The second-order valence-corrected chi connectivity index (χ2v) is 7.32. The van der Waals surface area contributed by atoms with Gasteiger partial charge in [-0.15, -0.1) is 0 Å². The molecule has 2 atom stereocenters. The molecule has 0 radical (unpaired) electrons. The van der Waals surface area contributed by atoms with Crippen LogP contribution in [0.1, 0.15) is 54.7 Å². The van der Waals surface area contributed by atoms with Crippen LogP contribution in [0.2, 0.25) is 0 Å². The van der Waals surface area contributed by atoms with Crippen LogP contribution < -0.4 is 0 Å². The molecule has 0 aliphatic carbocycles. The van der Waals surface area contributed by atoms with Crippen LogP contribution in [0.25, 0.3) is 5.69 Å². The van der Waals surface area contributed by atoms with E-state index >= 15 is 0 Å². The van der Waals surface area contributed by atoms with E-state index in [2.05, 4.69) is 5.10 Å². The molecule has 2 unspecified atom stereocenters. The van der Waals surface area contributed by atoms with Gasteiger partial charge in [-0.25, -0.2) is 4.68 Å². The number of nitrogens with zero attached hydrogens (tertiary/aromatic N) is 3. The number of aromatic nitrogens is 2. The minimum atomic E-state index is -0.841. The van der Waals surface area contributed by atoms with Crippen molar-refractivity contribution in [3.05, 3.63) is 47.3 Å². The van der Waals surface area contributed by atoms with E-state index in [4.69, 9.17) is 0 Å². The topological polar surface area (TPSA) is 75.4 Å². The summed E-state index contributed by atoms with van der Waals surface area (Å²) >= 11 is 0. The molecule has 6 nitrogen and oxygen atoms in total. The molecule has 1 aliphatic rings. The Hall–Kier alpha value is -2.63. The largest absolute Gasteiger partial charge is 0.481 e. The Morgan fingerprint density at radius 1 is 1.23 bits per heavy atom. The van der Waals surface area contributed by atoms with Gasteiger partial charge in [0.1, 0.15) is 0 Å². The van der Waals surface area contributed by atoms with Gasteiger partial charge in [0.25, 0.3) is 5.91 Å². The van der Waals surface area contributed by atoms with E-state index in [1.807, 2.05) is 56.6 Å². The Balaban J connectivity index is 1.97. The van der Waals surface area contributed by atoms with Crippen LogP contribution in [0, 0.1) is 12.8 Å². The third kappa shape index (κ3) is 3.11. The van der Waals surface area contributed by atoms with Crippen LogP contribution >= 0.6 is 0 Å². The maximum absolute atomic E-state index is 13.1. The zero-order chi connectivity index (χ0) is 19.0. The van der Waals surface area contributed by atoms with E-state index in [1.54, 1.807) is 11.1 Å². The van der Waals surface area contributed by atoms with Crippen LogP contribution in [0.5, 0.6) is 0 Å². The predicted molar refractivity (Wildman–Crippen MR) is 98.6 cm³/mol.